The number of hydrogen-bond acceptors (Lipinski definition) is 7. The summed E-state index contributed by atoms with van der Waals surface area (Å²) in [7, 11) is -3.79. The zero-order chi connectivity index (χ0) is 27.3. The molecule has 2 aromatic rings. The SMILES string of the molecule is C[C@@](O)(c1ccc(N2CCN(S(=O)(=O)c3ccccc3S)C[C@@H]2CN2CC3CCC(C2)O3)cc1)C(F)(F)F. The number of halogens is 3. The van der Waals surface area contributed by atoms with E-state index in [0.717, 1.165) is 32.9 Å². The summed E-state index contributed by atoms with van der Waals surface area (Å²) in [4.78, 5) is 4.89. The van der Waals surface area contributed by atoms with Gasteiger partial charge in [0.2, 0.25) is 10.0 Å². The van der Waals surface area contributed by atoms with Crippen molar-refractivity contribution in [3.8, 4) is 0 Å². The smallest absolute Gasteiger partial charge is 0.376 e. The number of rotatable bonds is 6. The van der Waals surface area contributed by atoms with Gasteiger partial charge in [0.25, 0.3) is 0 Å². The molecule has 0 amide bonds. The second-order valence-corrected chi connectivity index (χ2v) is 12.9. The first-order valence-corrected chi connectivity index (χ1v) is 14.6. The van der Waals surface area contributed by atoms with Crippen molar-refractivity contribution in [1.82, 2.24) is 9.21 Å². The molecule has 0 saturated carbocycles. The second-order valence-electron chi connectivity index (χ2n) is 10.5. The maximum absolute atomic E-state index is 13.5. The van der Waals surface area contributed by atoms with Crippen LogP contribution in [0.25, 0.3) is 0 Å². The summed E-state index contributed by atoms with van der Waals surface area (Å²) in [6.45, 7) is 3.66. The fraction of sp³-hybridized carbons (Fsp3) is 0.538. The summed E-state index contributed by atoms with van der Waals surface area (Å²) in [5, 5.41) is 10.1. The Hall–Kier alpha value is -1.83. The average Bonchev–Trinajstić information content (AvgIpc) is 3.21. The maximum atomic E-state index is 13.5. The highest BCUT2D eigenvalue weighted by atomic mass is 32.2. The quantitative estimate of drug-likeness (QED) is 0.518. The topological polar surface area (TPSA) is 73.3 Å². The van der Waals surface area contributed by atoms with Gasteiger partial charge in [-0.05, 0) is 49.6 Å². The maximum Gasteiger partial charge on any atom is 0.421 e. The summed E-state index contributed by atoms with van der Waals surface area (Å²) in [5.41, 5.74) is -2.54. The van der Waals surface area contributed by atoms with E-state index in [1.54, 1.807) is 36.4 Å². The molecule has 208 valence electrons. The summed E-state index contributed by atoms with van der Waals surface area (Å²) >= 11 is 4.36. The van der Waals surface area contributed by atoms with Crippen molar-refractivity contribution in [2.24, 2.45) is 0 Å². The first-order valence-electron chi connectivity index (χ1n) is 12.7. The fourth-order valence-corrected chi connectivity index (χ4v) is 7.70. The molecule has 3 aliphatic rings. The van der Waals surface area contributed by atoms with E-state index in [2.05, 4.69) is 22.4 Å². The molecule has 2 bridgehead atoms. The van der Waals surface area contributed by atoms with E-state index in [0.29, 0.717) is 23.7 Å². The number of alkyl halides is 3. The van der Waals surface area contributed by atoms with Crippen LogP contribution in [0.2, 0.25) is 0 Å². The van der Waals surface area contributed by atoms with Crippen LogP contribution in [-0.2, 0) is 20.4 Å². The van der Waals surface area contributed by atoms with Gasteiger partial charge < -0.3 is 14.7 Å². The number of hydrogen-bond donors (Lipinski definition) is 2. The minimum atomic E-state index is -4.81. The molecule has 7 nitrogen and oxygen atoms in total. The van der Waals surface area contributed by atoms with Crippen LogP contribution in [0.1, 0.15) is 25.3 Å². The first-order chi connectivity index (χ1) is 17.9. The number of benzene rings is 2. The van der Waals surface area contributed by atoms with Gasteiger partial charge in [0.1, 0.15) is 0 Å². The third-order valence-electron chi connectivity index (χ3n) is 7.83. The number of likely N-dealkylation sites (tertiary alicyclic amines) is 1. The Morgan fingerprint density at radius 1 is 1.00 bits per heavy atom. The number of piperazine rings is 1. The van der Waals surface area contributed by atoms with Crippen molar-refractivity contribution in [3.63, 3.8) is 0 Å². The highest BCUT2D eigenvalue weighted by Gasteiger charge is 2.51. The van der Waals surface area contributed by atoms with Crippen LogP contribution in [0, 0.1) is 0 Å². The molecule has 3 aliphatic heterocycles. The molecule has 4 atom stereocenters. The number of sulfonamides is 1. The molecular weight excluding hydrogens is 539 g/mol. The number of thiol groups is 1. The molecule has 2 aromatic carbocycles. The lowest BCUT2D eigenvalue weighted by atomic mass is 9.95. The van der Waals surface area contributed by atoms with E-state index >= 15 is 0 Å². The Kier molecular flexibility index (Phi) is 7.51. The predicted molar refractivity (Wildman–Crippen MR) is 140 cm³/mol. The number of anilines is 1. The monoisotopic (exact) mass is 571 g/mol. The Morgan fingerprint density at radius 2 is 1.63 bits per heavy atom. The van der Waals surface area contributed by atoms with Crippen LogP contribution in [0.3, 0.4) is 0 Å². The molecule has 3 saturated heterocycles. The Balaban J connectivity index is 1.41. The zero-order valence-electron chi connectivity index (χ0n) is 21.0. The number of morpholine rings is 1. The van der Waals surface area contributed by atoms with Crippen molar-refractivity contribution in [2.45, 2.75) is 59.6 Å². The van der Waals surface area contributed by atoms with Gasteiger partial charge in [0.15, 0.2) is 5.60 Å². The van der Waals surface area contributed by atoms with Crippen molar-refractivity contribution in [3.05, 3.63) is 54.1 Å². The van der Waals surface area contributed by atoms with Crippen LogP contribution >= 0.6 is 12.6 Å². The minimum absolute atomic E-state index is 0.152. The van der Waals surface area contributed by atoms with Gasteiger partial charge >= 0.3 is 6.18 Å². The number of fused-ring (bicyclic) bond motifs is 2. The summed E-state index contributed by atoms with van der Waals surface area (Å²) < 4.78 is 74.6. The van der Waals surface area contributed by atoms with Gasteiger partial charge in [-0.2, -0.15) is 17.5 Å². The molecule has 5 rings (SSSR count). The molecule has 38 heavy (non-hydrogen) atoms. The lowest BCUT2D eigenvalue weighted by molar-refractivity contribution is -0.258. The highest BCUT2D eigenvalue weighted by Crippen LogP contribution is 2.39. The molecule has 1 N–H and O–H groups in total. The first kappa shape index (κ1) is 27.7. The van der Waals surface area contributed by atoms with E-state index in [-0.39, 0.29) is 41.8 Å². The van der Waals surface area contributed by atoms with Crippen molar-refractivity contribution in [2.75, 3.05) is 44.2 Å². The van der Waals surface area contributed by atoms with Gasteiger partial charge in [-0.25, -0.2) is 8.42 Å². The van der Waals surface area contributed by atoms with Gasteiger partial charge in [0, 0.05) is 49.9 Å². The Labute approximate surface area is 226 Å². The van der Waals surface area contributed by atoms with Gasteiger partial charge in [-0.1, -0.05) is 24.3 Å². The van der Waals surface area contributed by atoms with Crippen LogP contribution in [0.4, 0.5) is 18.9 Å². The van der Waals surface area contributed by atoms with Crippen molar-refractivity contribution in [1.29, 1.82) is 0 Å². The van der Waals surface area contributed by atoms with Crippen LogP contribution < -0.4 is 4.90 Å². The minimum Gasteiger partial charge on any atom is -0.376 e. The van der Waals surface area contributed by atoms with E-state index in [4.69, 9.17) is 4.74 Å². The molecule has 0 spiro atoms. The third-order valence-corrected chi connectivity index (χ3v) is 10.3. The molecule has 0 aromatic heterocycles. The number of aliphatic hydroxyl groups is 1. The van der Waals surface area contributed by atoms with E-state index in [1.807, 2.05) is 0 Å². The lowest BCUT2D eigenvalue weighted by Crippen LogP contribution is -2.59. The molecule has 0 aliphatic carbocycles. The molecular formula is C26H32F3N3O4S2. The fourth-order valence-electron chi connectivity index (χ4n) is 5.64. The number of nitrogens with zero attached hydrogens (tertiary/aromatic N) is 3. The third kappa shape index (κ3) is 5.31. The molecule has 12 heteroatoms. The standard InChI is InChI=1S/C26H32F3N3O4S2/c1-25(33,26(27,28)29)18-6-8-19(9-7-18)32-13-12-31(38(34,35)24-5-3-2-4-23(24)37)15-20(32)14-30-16-21-10-11-22(17-30)36-21/h2-9,20-22,33,37H,10-17H2,1H3/t20-,21?,22?,25+/m0/s1. The normalized spacial score (nSPS) is 26.9. The van der Waals surface area contributed by atoms with Crippen LogP contribution in [0.5, 0.6) is 0 Å². The second kappa shape index (κ2) is 10.3. The lowest BCUT2D eigenvalue weighted by Gasteiger charge is -2.45. The predicted octanol–water partition coefficient (Wildman–Crippen LogP) is 3.49. The Bertz CT molecular complexity index is 1250. The molecule has 2 unspecified atom stereocenters. The largest absolute Gasteiger partial charge is 0.421 e. The number of ether oxygens (including phenoxy) is 1. The Morgan fingerprint density at radius 3 is 2.24 bits per heavy atom. The summed E-state index contributed by atoms with van der Waals surface area (Å²) in [6, 6.07) is 12.1. The van der Waals surface area contributed by atoms with Crippen LogP contribution in [0.15, 0.2) is 58.3 Å². The highest BCUT2D eigenvalue weighted by molar-refractivity contribution is 7.90. The van der Waals surface area contributed by atoms with Gasteiger partial charge in [-0.15, -0.1) is 12.6 Å². The molecule has 3 fully saturated rings. The van der Waals surface area contributed by atoms with Gasteiger partial charge in [0.05, 0.1) is 23.1 Å². The van der Waals surface area contributed by atoms with E-state index < -0.39 is 21.8 Å². The van der Waals surface area contributed by atoms with E-state index in [9.17, 15) is 26.7 Å². The zero-order valence-corrected chi connectivity index (χ0v) is 22.7. The van der Waals surface area contributed by atoms with Crippen LogP contribution in [-0.4, -0.2) is 86.4 Å². The molecule has 0 radical (unpaired) electrons. The summed E-state index contributed by atoms with van der Waals surface area (Å²) in [6.07, 6.45) is -2.45. The molecule has 3 heterocycles. The summed E-state index contributed by atoms with van der Waals surface area (Å²) in [5.74, 6) is 0. The average molecular weight is 572 g/mol. The van der Waals surface area contributed by atoms with Gasteiger partial charge in [-0.3, -0.25) is 4.90 Å². The van der Waals surface area contributed by atoms with Crippen molar-refractivity contribution < 1.29 is 31.4 Å². The van der Waals surface area contributed by atoms with E-state index in [1.165, 1.54) is 16.4 Å². The van der Waals surface area contributed by atoms with Crippen molar-refractivity contribution >= 4 is 28.3 Å².